The number of piperidine rings is 1. The highest BCUT2D eigenvalue weighted by molar-refractivity contribution is 7.89. The molecule has 1 spiro atoms. The minimum atomic E-state index is -3.90. The van der Waals surface area contributed by atoms with Crippen molar-refractivity contribution in [2.75, 3.05) is 31.2 Å². The van der Waals surface area contributed by atoms with E-state index >= 15 is 0 Å². The number of nitrogens with two attached hydrogens (primary N) is 1. The van der Waals surface area contributed by atoms with Crippen LogP contribution in [0, 0.1) is 5.82 Å². The molecule has 0 amide bonds. The lowest BCUT2D eigenvalue weighted by atomic mass is 10.0. The van der Waals surface area contributed by atoms with Crippen LogP contribution in [0.3, 0.4) is 0 Å². The maximum absolute atomic E-state index is 14.2. The second-order valence-electron chi connectivity index (χ2n) is 5.29. The van der Waals surface area contributed by atoms with Crippen molar-refractivity contribution in [1.29, 1.82) is 0 Å². The molecule has 2 heterocycles. The summed E-state index contributed by atoms with van der Waals surface area (Å²) in [5.41, 5.74) is 0.334. The fraction of sp³-hybridized carbons (Fsp3) is 0.538. The van der Waals surface area contributed by atoms with Crippen LogP contribution in [0.2, 0.25) is 0 Å². The van der Waals surface area contributed by atoms with Crippen LogP contribution in [0.5, 0.6) is 0 Å². The Hall–Kier alpha value is -1.22. The Kier molecular flexibility index (Phi) is 3.64. The Morgan fingerprint density at radius 2 is 2.00 bits per heavy atom. The third-order valence-corrected chi connectivity index (χ3v) is 4.73. The highest BCUT2D eigenvalue weighted by Crippen LogP contribution is 2.33. The minimum Gasteiger partial charge on any atom is -0.364 e. The summed E-state index contributed by atoms with van der Waals surface area (Å²) in [4.78, 5) is 1.58. The molecule has 0 bridgehead atoms. The largest absolute Gasteiger partial charge is 0.364 e. The molecule has 21 heavy (non-hydrogen) atoms. The summed E-state index contributed by atoms with van der Waals surface area (Å²) in [5, 5.41) is 5.00. The van der Waals surface area contributed by atoms with Crippen molar-refractivity contribution in [3.8, 4) is 0 Å². The summed E-state index contributed by atoms with van der Waals surface area (Å²) in [5.74, 6) is -1.28. The molecule has 6 nitrogen and oxygen atoms in total. The summed E-state index contributed by atoms with van der Waals surface area (Å²) in [6.45, 7) is 2.18. The summed E-state index contributed by atoms with van der Waals surface area (Å²) in [6, 6.07) is 3.69. The molecule has 2 fully saturated rings. The van der Waals surface area contributed by atoms with E-state index in [0.717, 1.165) is 18.9 Å². The van der Waals surface area contributed by atoms with Gasteiger partial charge in [0.25, 0.3) is 0 Å². The Labute approximate surface area is 122 Å². The molecule has 2 aliphatic heterocycles. The molecule has 2 aliphatic rings. The summed E-state index contributed by atoms with van der Waals surface area (Å²) in [7, 11) is -3.90. The van der Waals surface area contributed by atoms with Crippen molar-refractivity contribution < 1.29 is 22.3 Å². The van der Waals surface area contributed by atoms with E-state index in [1.807, 2.05) is 4.90 Å². The Morgan fingerprint density at radius 3 is 2.62 bits per heavy atom. The van der Waals surface area contributed by atoms with Gasteiger partial charge in [0, 0.05) is 13.0 Å². The lowest BCUT2D eigenvalue weighted by Gasteiger charge is -2.39. The lowest BCUT2D eigenvalue weighted by Crippen LogP contribution is -2.49. The Bertz CT molecular complexity index is 644. The van der Waals surface area contributed by atoms with E-state index in [1.54, 1.807) is 0 Å². The van der Waals surface area contributed by atoms with Gasteiger partial charge in [-0.15, -0.1) is 0 Å². The molecule has 8 heteroatoms. The highest BCUT2D eigenvalue weighted by Gasteiger charge is 2.41. The Balaban J connectivity index is 1.86. The number of hydrogen-bond acceptors (Lipinski definition) is 5. The zero-order valence-electron chi connectivity index (χ0n) is 11.4. The second kappa shape index (κ2) is 5.20. The van der Waals surface area contributed by atoms with Gasteiger partial charge in [-0.2, -0.15) is 0 Å². The molecule has 116 valence electrons. The van der Waals surface area contributed by atoms with Gasteiger partial charge in [0.15, 0.2) is 5.79 Å². The van der Waals surface area contributed by atoms with Gasteiger partial charge in [0.05, 0.1) is 30.3 Å². The highest BCUT2D eigenvalue weighted by atomic mass is 32.2. The van der Waals surface area contributed by atoms with Crippen molar-refractivity contribution >= 4 is 15.7 Å². The zero-order chi connectivity index (χ0) is 15.1. The van der Waals surface area contributed by atoms with Crippen molar-refractivity contribution in [2.24, 2.45) is 5.14 Å². The van der Waals surface area contributed by atoms with Crippen LogP contribution in [0.25, 0.3) is 0 Å². The first-order chi connectivity index (χ1) is 9.90. The number of benzene rings is 1. The van der Waals surface area contributed by atoms with Gasteiger partial charge in [0.1, 0.15) is 5.82 Å². The standard InChI is InChI=1S/C13H17FN2O4S/c14-11-8-10(21(15,17)18)2-3-12(11)16-5-1-4-13(9-16)19-6-7-20-13/h2-3,8H,1,4-7,9H2,(H2,15,17,18). The van der Waals surface area contributed by atoms with Crippen LogP contribution < -0.4 is 10.0 Å². The topological polar surface area (TPSA) is 81.9 Å². The maximum atomic E-state index is 14.2. The summed E-state index contributed by atoms with van der Waals surface area (Å²) >= 11 is 0. The number of sulfonamides is 1. The van der Waals surface area contributed by atoms with Gasteiger partial charge in [-0.25, -0.2) is 17.9 Å². The SMILES string of the molecule is NS(=O)(=O)c1ccc(N2CCCC3(C2)OCCO3)c(F)c1. The van der Waals surface area contributed by atoms with E-state index < -0.39 is 21.6 Å². The van der Waals surface area contributed by atoms with Gasteiger partial charge < -0.3 is 14.4 Å². The molecule has 0 saturated carbocycles. The van der Waals surface area contributed by atoms with Crippen LogP contribution in [0.1, 0.15) is 12.8 Å². The van der Waals surface area contributed by atoms with Gasteiger partial charge in [-0.05, 0) is 24.6 Å². The molecule has 1 aromatic rings. The van der Waals surface area contributed by atoms with Crippen LogP contribution in [-0.2, 0) is 19.5 Å². The van der Waals surface area contributed by atoms with Gasteiger partial charge >= 0.3 is 0 Å². The Morgan fingerprint density at radius 1 is 1.29 bits per heavy atom. The molecule has 0 atom stereocenters. The lowest BCUT2D eigenvalue weighted by molar-refractivity contribution is -0.161. The van der Waals surface area contributed by atoms with Crippen molar-refractivity contribution in [1.82, 2.24) is 0 Å². The van der Waals surface area contributed by atoms with Gasteiger partial charge in [-0.1, -0.05) is 0 Å². The summed E-state index contributed by atoms with van der Waals surface area (Å²) in [6.07, 6.45) is 1.59. The first kappa shape index (κ1) is 14.7. The van der Waals surface area contributed by atoms with Crippen LogP contribution >= 0.6 is 0 Å². The maximum Gasteiger partial charge on any atom is 0.238 e. The minimum absolute atomic E-state index is 0.233. The number of rotatable bonds is 2. The molecule has 0 unspecified atom stereocenters. The van der Waals surface area contributed by atoms with Crippen molar-refractivity contribution in [2.45, 2.75) is 23.5 Å². The second-order valence-corrected chi connectivity index (χ2v) is 6.85. The van der Waals surface area contributed by atoms with Crippen LogP contribution in [0.4, 0.5) is 10.1 Å². The first-order valence-corrected chi connectivity index (χ1v) is 8.30. The molecule has 3 rings (SSSR count). The number of ether oxygens (including phenoxy) is 2. The number of anilines is 1. The van der Waals surface area contributed by atoms with Crippen molar-refractivity contribution in [3.05, 3.63) is 24.0 Å². The van der Waals surface area contributed by atoms with E-state index in [9.17, 15) is 12.8 Å². The normalized spacial score (nSPS) is 21.9. The van der Waals surface area contributed by atoms with E-state index in [-0.39, 0.29) is 4.90 Å². The molecule has 1 aromatic carbocycles. The van der Waals surface area contributed by atoms with E-state index in [1.165, 1.54) is 12.1 Å². The van der Waals surface area contributed by atoms with Gasteiger partial charge in [-0.3, -0.25) is 0 Å². The third kappa shape index (κ3) is 2.89. The van der Waals surface area contributed by atoms with E-state index in [4.69, 9.17) is 14.6 Å². The summed E-state index contributed by atoms with van der Waals surface area (Å²) < 4.78 is 48.0. The number of hydrogen-bond donors (Lipinski definition) is 1. The molecular formula is C13H17FN2O4S. The average molecular weight is 316 g/mol. The predicted molar refractivity (Wildman–Crippen MR) is 73.9 cm³/mol. The van der Waals surface area contributed by atoms with Crippen LogP contribution in [-0.4, -0.2) is 40.5 Å². The number of nitrogens with zero attached hydrogens (tertiary/aromatic N) is 1. The molecule has 0 radical (unpaired) electrons. The quantitative estimate of drug-likeness (QED) is 0.873. The number of halogens is 1. The third-order valence-electron chi connectivity index (χ3n) is 3.82. The average Bonchev–Trinajstić information content (AvgIpc) is 2.85. The van der Waals surface area contributed by atoms with Gasteiger partial charge in [0.2, 0.25) is 10.0 Å². The molecular weight excluding hydrogens is 299 g/mol. The fourth-order valence-corrected chi connectivity index (χ4v) is 3.37. The molecule has 2 saturated heterocycles. The fourth-order valence-electron chi connectivity index (χ4n) is 2.85. The van der Waals surface area contributed by atoms with E-state index in [2.05, 4.69) is 0 Å². The predicted octanol–water partition coefficient (Wildman–Crippen LogP) is 0.816. The van der Waals surface area contributed by atoms with E-state index in [0.29, 0.717) is 32.0 Å². The molecule has 0 aromatic heterocycles. The first-order valence-electron chi connectivity index (χ1n) is 6.75. The molecule has 0 aliphatic carbocycles. The smallest absolute Gasteiger partial charge is 0.238 e. The number of primary sulfonamides is 1. The molecule has 2 N–H and O–H groups in total. The monoisotopic (exact) mass is 316 g/mol. The van der Waals surface area contributed by atoms with Crippen LogP contribution in [0.15, 0.2) is 23.1 Å². The zero-order valence-corrected chi connectivity index (χ0v) is 12.2. The van der Waals surface area contributed by atoms with Crippen molar-refractivity contribution in [3.63, 3.8) is 0 Å².